The van der Waals surface area contributed by atoms with Gasteiger partial charge in [-0.15, -0.1) is 0 Å². The van der Waals surface area contributed by atoms with Crippen LogP contribution < -0.4 is 15.8 Å². The van der Waals surface area contributed by atoms with E-state index < -0.39 is 0 Å². The number of hydrogen-bond acceptors (Lipinski definition) is 2. The van der Waals surface area contributed by atoms with Crippen molar-refractivity contribution in [1.29, 1.82) is 0 Å². The Hall–Kier alpha value is -1.23. The van der Waals surface area contributed by atoms with Gasteiger partial charge < -0.3 is 15.8 Å². The Labute approximate surface area is 104 Å². The summed E-state index contributed by atoms with van der Waals surface area (Å²) in [6.45, 7) is 3.94. The Kier molecular flexibility index (Phi) is 4.61. The number of aliphatic imine (C=N–C) groups is 1. The third-order valence-electron chi connectivity index (χ3n) is 1.82. The lowest BCUT2D eigenvalue weighted by Crippen LogP contribution is -2.23. The van der Waals surface area contributed by atoms with Crippen molar-refractivity contribution in [2.75, 3.05) is 12.4 Å². The molecule has 0 bridgehead atoms. The van der Waals surface area contributed by atoms with E-state index in [2.05, 4.69) is 26.2 Å². The number of nitrogens with two attached hydrogens (primary N) is 1. The summed E-state index contributed by atoms with van der Waals surface area (Å²) in [6, 6.07) is 5.82. The fraction of sp³-hybridized carbons (Fsp3) is 0.364. The van der Waals surface area contributed by atoms with Gasteiger partial charge >= 0.3 is 0 Å². The Morgan fingerprint density at radius 3 is 2.75 bits per heavy atom. The number of guanidine groups is 1. The average Bonchev–Trinajstić information content (AvgIpc) is 2.19. The molecule has 1 aromatic rings. The van der Waals surface area contributed by atoms with Crippen LogP contribution in [0, 0.1) is 0 Å². The number of halogens is 1. The van der Waals surface area contributed by atoms with E-state index in [9.17, 15) is 0 Å². The zero-order chi connectivity index (χ0) is 12.1. The third-order valence-corrected chi connectivity index (χ3v) is 2.48. The van der Waals surface area contributed by atoms with Crippen molar-refractivity contribution in [3.63, 3.8) is 0 Å². The molecule has 5 heteroatoms. The van der Waals surface area contributed by atoms with Crippen molar-refractivity contribution >= 4 is 27.6 Å². The smallest absolute Gasteiger partial charge is 0.193 e. The summed E-state index contributed by atoms with van der Waals surface area (Å²) < 4.78 is 6.08. The Morgan fingerprint density at radius 2 is 2.19 bits per heavy atom. The lowest BCUT2D eigenvalue weighted by atomic mass is 10.3. The number of anilines is 1. The molecule has 88 valence electrons. The minimum atomic E-state index is 0.171. The first kappa shape index (κ1) is 12.8. The molecule has 0 spiro atoms. The predicted molar refractivity (Wildman–Crippen MR) is 71.1 cm³/mol. The minimum absolute atomic E-state index is 0.171. The minimum Gasteiger partial charge on any atom is -0.495 e. The molecule has 1 aromatic carbocycles. The van der Waals surface area contributed by atoms with E-state index >= 15 is 0 Å². The van der Waals surface area contributed by atoms with Crippen LogP contribution in [0.15, 0.2) is 27.7 Å². The summed E-state index contributed by atoms with van der Waals surface area (Å²) >= 11 is 3.38. The first-order chi connectivity index (χ1) is 7.52. The molecule has 0 aromatic heterocycles. The maximum absolute atomic E-state index is 5.72. The summed E-state index contributed by atoms with van der Waals surface area (Å²) in [5.41, 5.74) is 6.57. The number of rotatable bonds is 3. The summed E-state index contributed by atoms with van der Waals surface area (Å²) in [7, 11) is 1.62. The molecule has 1 rings (SSSR count). The molecule has 0 fully saturated rings. The van der Waals surface area contributed by atoms with Gasteiger partial charge in [-0.3, -0.25) is 4.99 Å². The summed E-state index contributed by atoms with van der Waals surface area (Å²) in [5.74, 6) is 1.15. The van der Waals surface area contributed by atoms with Crippen LogP contribution in [0.25, 0.3) is 0 Å². The molecule has 4 nitrogen and oxygen atoms in total. The van der Waals surface area contributed by atoms with E-state index in [1.807, 2.05) is 32.0 Å². The third kappa shape index (κ3) is 3.73. The van der Waals surface area contributed by atoms with Gasteiger partial charge in [0.2, 0.25) is 0 Å². The van der Waals surface area contributed by atoms with Gasteiger partial charge in [-0.25, -0.2) is 0 Å². The van der Waals surface area contributed by atoms with Crippen molar-refractivity contribution in [2.45, 2.75) is 19.9 Å². The second kappa shape index (κ2) is 5.75. The molecule has 0 heterocycles. The number of nitrogens with one attached hydrogen (secondary N) is 1. The molecule has 0 aliphatic heterocycles. The predicted octanol–water partition coefficient (Wildman–Crippen LogP) is 2.59. The Bertz CT molecular complexity index is 391. The molecule has 0 aliphatic carbocycles. The van der Waals surface area contributed by atoms with Crippen LogP contribution in [-0.2, 0) is 0 Å². The van der Waals surface area contributed by atoms with Crippen LogP contribution in [0.4, 0.5) is 5.69 Å². The zero-order valence-electron chi connectivity index (χ0n) is 9.62. The lowest BCUT2D eigenvalue weighted by Gasteiger charge is -2.09. The summed E-state index contributed by atoms with van der Waals surface area (Å²) in [6.07, 6.45) is 0. The first-order valence-electron chi connectivity index (χ1n) is 4.96. The van der Waals surface area contributed by atoms with Gasteiger partial charge in [0, 0.05) is 17.8 Å². The molecule has 3 N–H and O–H groups in total. The highest BCUT2D eigenvalue weighted by Crippen LogP contribution is 2.27. The van der Waals surface area contributed by atoms with Gasteiger partial charge in [-0.1, -0.05) is 0 Å². The summed E-state index contributed by atoms with van der Waals surface area (Å²) in [5, 5.41) is 3.00. The van der Waals surface area contributed by atoms with Gasteiger partial charge in [-0.2, -0.15) is 0 Å². The van der Waals surface area contributed by atoms with Crippen molar-refractivity contribution in [1.82, 2.24) is 0 Å². The van der Waals surface area contributed by atoms with E-state index in [-0.39, 0.29) is 6.04 Å². The number of methoxy groups -OCH3 is 1. The maximum Gasteiger partial charge on any atom is 0.193 e. The maximum atomic E-state index is 5.72. The molecule has 0 atom stereocenters. The normalized spacial score (nSPS) is 11.7. The highest BCUT2D eigenvalue weighted by Gasteiger charge is 2.02. The van der Waals surface area contributed by atoms with Gasteiger partial charge in [0.25, 0.3) is 0 Å². The molecule has 0 unspecified atom stereocenters. The SMILES string of the molecule is COc1cc(NC(N)=NC(C)C)ccc1Br. The largest absolute Gasteiger partial charge is 0.495 e. The Morgan fingerprint density at radius 1 is 1.50 bits per heavy atom. The monoisotopic (exact) mass is 285 g/mol. The van der Waals surface area contributed by atoms with Gasteiger partial charge in [0.15, 0.2) is 5.96 Å². The highest BCUT2D eigenvalue weighted by molar-refractivity contribution is 9.10. The van der Waals surface area contributed by atoms with E-state index in [1.165, 1.54) is 0 Å². The molecule has 0 amide bonds. The molecular weight excluding hydrogens is 270 g/mol. The van der Waals surface area contributed by atoms with Crippen LogP contribution in [-0.4, -0.2) is 19.1 Å². The lowest BCUT2D eigenvalue weighted by molar-refractivity contribution is 0.412. The topological polar surface area (TPSA) is 59.6 Å². The van der Waals surface area contributed by atoms with E-state index in [1.54, 1.807) is 7.11 Å². The second-order valence-corrected chi connectivity index (χ2v) is 4.44. The number of nitrogens with zero attached hydrogens (tertiary/aromatic N) is 1. The number of ether oxygens (including phenoxy) is 1. The van der Waals surface area contributed by atoms with Crippen molar-refractivity contribution < 1.29 is 4.74 Å². The van der Waals surface area contributed by atoms with E-state index in [4.69, 9.17) is 10.5 Å². The average molecular weight is 286 g/mol. The molecule has 16 heavy (non-hydrogen) atoms. The van der Waals surface area contributed by atoms with E-state index in [0.717, 1.165) is 15.9 Å². The molecule has 0 aliphatic rings. The van der Waals surface area contributed by atoms with Crippen LogP contribution in [0.5, 0.6) is 5.75 Å². The number of hydrogen-bond donors (Lipinski definition) is 2. The van der Waals surface area contributed by atoms with Gasteiger partial charge in [0.1, 0.15) is 5.75 Å². The van der Waals surface area contributed by atoms with E-state index in [0.29, 0.717) is 5.96 Å². The van der Waals surface area contributed by atoms with Crippen LogP contribution >= 0.6 is 15.9 Å². The second-order valence-electron chi connectivity index (χ2n) is 3.58. The highest BCUT2D eigenvalue weighted by atomic mass is 79.9. The van der Waals surface area contributed by atoms with Crippen LogP contribution in [0.2, 0.25) is 0 Å². The molecule has 0 saturated heterocycles. The number of benzene rings is 1. The van der Waals surface area contributed by atoms with Crippen LogP contribution in [0.3, 0.4) is 0 Å². The fourth-order valence-corrected chi connectivity index (χ4v) is 1.60. The molecule has 0 saturated carbocycles. The van der Waals surface area contributed by atoms with Crippen molar-refractivity contribution in [3.05, 3.63) is 22.7 Å². The molecular formula is C11H16BrN3O. The quantitative estimate of drug-likeness (QED) is 0.663. The summed E-state index contributed by atoms with van der Waals surface area (Å²) in [4.78, 5) is 4.18. The first-order valence-corrected chi connectivity index (χ1v) is 5.76. The van der Waals surface area contributed by atoms with Gasteiger partial charge in [-0.05, 0) is 41.9 Å². The Balaban J connectivity index is 2.82. The standard InChI is InChI=1S/C11H16BrN3O/c1-7(2)14-11(13)15-8-4-5-9(12)10(6-8)16-3/h4-7H,1-3H3,(H3,13,14,15). The zero-order valence-corrected chi connectivity index (χ0v) is 11.2. The van der Waals surface area contributed by atoms with Crippen molar-refractivity contribution in [3.8, 4) is 5.75 Å². The van der Waals surface area contributed by atoms with Crippen molar-refractivity contribution in [2.24, 2.45) is 10.7 Å². The van der Waals surface area contributed by atoms with Crippen LogP contribution in [0.1, 0.15) is 13.8 Å². The fourth-order valence-electron chi connectivity index (χ4n) is 1.20. The molecule has 0 radical (unpaired) electrons. The van der Waals surface area contributed by atoms with Gasteiger partial charge in [0.05, 0.1) is 11.6 Å².